The van der Waals surface area contributed by atoms with E-state index < -0.39 is 11.8 Å². The maximum absolute atomic E-state index is 14.0. The molecule has 0 aromatic heterocycles. The highest BCUT2D eigenvalue weighted by Crippen LogP contribution is 2.22. The lowest BCUT2D eigenvalue weighted by Gasteiger charge is -2.23. The first-order chi connectivity index (χ1) is 16.0. The standard InChI is InChI=1S/C25H26FN3O4/c1-32-20-15-18(16-21(17-20)33-2)24(30)27-13-8-14-29(19-9-4-3-5-10-19)25(31)28-23-12-7-6-11-22(23)26/h3-7,9-12,15-17H,8,13-14H2,1-2H3,(H,27,30)(H,28,31). The van der Waals surface area contributed by atoms with E-state index in [9.17, 15) is 14.0 Å². The number of para-hydroxylation sites is 2. The zero-order valence-corrected chi connectivity index (χ0v) is 18.5. The molecule has 0 unspecified atom stereocenters. The fourth-order valence-electron chi connectivity index (χ4n) is 3.18. The first-order valence-electron chi connectivity index (χ1n) is 10.4. The number of urea groups is 1. The van der Waals surface area contributed by atoms with Crippen LogP contribution in [-0.2, 0) is 0 Å². The van der Waals surface area contributed by atoms with Crippen LogP contribution in [0.4, 0.5) is 20.6 Å². The van der Waals surface area contributed by atoms with Crippen molar-refractivity contribution >= 4 is 23.3 Å². The lowest BCUT2D eigenvalue weighted by Crippen LogP contribution is -2.37. The lowest BCUT2D eigenvalue weighted by molar-refractivity contribution is 0.0952. The number of nitrogens with one attached hydrogen (secondary N) is 2. The second-order valence-electron chi connectivity index (χ2n) is 7.11. The Hall–Kier alpha value is -4.07. The van der Waals surface area contributed by atoms with E-state index >= 15 is 0 Å². The molecule has 172 valence electrons. The van der Waals surface area contributed by atoms with Gasteiger partial charge < -0.3 is 20.1 Å². The normalized spacial score (nSPS) is 10.3. The lowest BCUT2D eigenvalue weighted by atomic mass is 10.2. The van der Waals surface area contributed by atoms with Crippen LogP contribution >= 0.6 is 0 Å². The molecule has 0 saturated heterocycles. The summed E-state index contributed by atoms with van der Waals surface area (Å²) in [6, 6.07) is 19.5. The van der Waals surface area contributed by atoms with Gasteiger partial charge in [-0.3, -0.25) is 9.69 Å². The highest BCUT2D eigenvalue weighted by atomic mass is 19.1. The number of carbonyl (C=O) groups is 2. The number of rotatable bonds is 9. The number of methoxy groups -OCH3 is 2. The molecule has 0 aliphatic rings. The van der Waals surface area contributed by atoms with Gasteiger partial charge in [-0.2, -0.15) is 0 Å². The van der Waals surface area contributed by atoms with E-state index in [0.29, 0.717) is 42.3 Å². The SMILES string of the molecule is COc1cc(OC)cc(C(=O)NCCCN(C(=O)Nc2ccccc2F)c2ccccc2)c1. The van der Waals surface area contributed by atoms with Crippen molar-refractivity contribution in [2.75, 3.05) is 37.5 Å². The van der Waals surface area contributed by atoms with Crippen LogP contribution in [-0.4, -0.2) is 39.2 Å². The average Bonchev–Trinajstić information content (AvgIpc) is 2.85. The predicted octanol–water partition coefficient (Wildman–Crippen LogP) is 4.70. The van der Waals surface area contributed by atoms with Crippen molar-refractivity contribution in [1.82, 2.24) is 5.32 Å². The first kappa shape index (κ1) is 23.6. The van der Waals surface area contributed by atoms with Crippen molar-refractivity contribution in [2.24, 2.45) is 0 Å². The fraction of sp³-hybridized carbons (Fsp3) is 0.200. The molecule has 0 heterocycles. The molecule has 0 spiro atoms. The Labute approximate surface area is 192 Å². The third kappa shape index (κ3) is 6.46. The predicted molar refractivity (Wildman–Crippen MR) is 126 cm³/mol. The summed E-state index contributed by atoms with van der Waals surface area (Å²) in [5.74, 6) is 0.230. The molecule has 3 amide bonds. The van der Waals surface area contributed by atoms with Gasteiger partial charge in [0.2, 0.25) is 0 Å². The Kier molecular flexibility index (Phi) is 8.24. The van der Waals surface area contributed by atoms with E-state index in [4.69, 9.17) is 9.47 Å². The van der Waals surface area contributed by atoms with Crippen LogP contribution in [0.25, 0.3) is 0 Å². The van der Waals surface area contributed by atoms with Crippen LogP contribution < -0.4 is 25.0 Å². The molecule has 0 atom stereocenters. The molecule has 3 aromatic rings. The van der Waals surface area contributed by atoms with Crippen LogP contribution in [0.1, 0.15) is 16.8 Å². The number of halogens is 1. The molecule has 0 saturated carbocycles. The summed E-state index contributed by atoms with van der Waals surface area (Å²) >= 11 is 0. The van der Waals surface area contributed by atoms with Gasteiger partial charge in [-0.25, -0.2) is 9.18 Å². The molecule has 0 fully saturated rings. The van der Waals surface area contributed by atoms with Crippen molar-refractivity contribution < 1.29 is 23.5 Å². The zero-order valence-electron chi connectivity index (χ0n) is 18.5. The Bertz CT molecular complexity index is 1070. The monoisotopic (exact) mass is 451 g/mol. The van der Waals surface area contributed by atoms with Crippen LogP contribution in [0.5, 0.6) is 11.5 Å². The largest absolute Gasteiger partial charge is 0.497 e. The maximum Gasteiger partial charge on any atom is 0.326 e. The van der Waals surface area contributed by atoms with Gasteiger partial charge in [0.1, 0.15) is 17.3 Å². The van der Waals surface area contributed by atoms with Gasteiger partial charge in [0, 0.05) is 30.4 Å². The fourth-order valence-corrected chi connectivity index (χ4v) is 3.18. The minimum absolute atomic E-state index is 0.101. The molecule has 3 aromatic carbocycles. The van der Waals surface area contributed by atoms with Crippen molar-refractivity contribution in [3.63, 3.8) is 0 Å². The summed E-state index contributed by atoms with van der Waals surface area (Å²) in [5, 5.41) is 5.44. The molecular weight excluding hydrogens is 425 g/mol. The summed E-state index contributed by atoms with van der Waals surface area (Å²) in [6.45, 7) is 0.640. The number of nitrogens with zero attached hydrogens (tertiary/aromatic N) is 1. The molecule has 7 nitrogen and oxygen atoms in total. The number of amides is 3. The number of ether oxygens (including phenoxy) is 2. The zero-order chi connectivity index (χ0) is 23.6. The smallest absolute Gasteiger partial charge is 0.326 e. The summed E-state index contributed by atoms with van der Waals surface area (Å²) in [6.07, 6.45) is 0.479. The quantitative estimate of drug-likeness (QED) is 0.462. The van der Waals surface area contributed by atoms with Crippen LogP contribution in [0.3, 0.4) is 0 Å². The Morgan fingerprint density at radius 1 is 0.909 bits per heavy atom. The van der Waals surface area contributed by atoms with E-state index in [2.05, 4.69) is 10.6 Å². The van der Waals surface area contributed by atoms with E-state index in [1.807, 2.05) is 18.2 Å². The molecule has 0 aliphatic heterocycles. The highest BCUT2D eigenvalue weighted by molar-refractivity contribution is 6.01. The third-order valence-corrected chi connectivity index (χ3v) is 4.89. The Morgan fingerprint density at radius 2 is 1.55 bits per heavy atom. The molecular formula is C25H26FN3O4. The van der Waals surface area contributed by atoms with Crippen LogP contribution in [0.2, 0.25) is 0 Å². The van der Waals surface area contributed by atoms with Crippen molar-refractivity contribution in [2.45, 2.75) is 6.42 Å². The molecule has 0 bridgehead atoms. The summed E-state index contributed by atoms with van der Waals surface area (Å²) in [4.78, 5) is 26.9. The third-order valence-electron chi connectivity index (χ3n) is 4.89. The molecule has 33 heavy (non-hydrogen) atoms. The minimum Gasteiger partial charge on any atom is -0.497 e. The van der Waals surface area contributed by atoms with Crippen molar-refractivity contribution in [3.05, 3.63) is 84.2 Å². The second kappa shape index (κ2) is 11.5. The number of hydrogen-bond acceptors (Lipinski definition) is 4. The van der Waals surface area contributed by atoms with Crippen molar-refractivity contribution in [3.8, 4) is 11.5 Å². The van der Waals surface area contributed by atoms with E-state index in [-0.39, 0.29) is 11.6 Å². The molecule has 0 aliphatic carbocycles. The van der Waals surface area contributed by atoms with Gasteiger partial charge in [-0.15, -0.1) is 0 Å². The van der Waals surface area contributed by atoms with E-state index in [0.717, 1.165) is 0 Å². The van der Waals surface area contributed by atoms with Gasteiger partial charge in [0.15, 0.2) is 0 Å². The first-order valence-corrected chi connectivity index (χ1v) is 10.4. The molecule has 0 radical (unpaired) electrons. The van der Waals surface area contributed by atoms with E-state index in [1.54, 1.807) is 42.5 Å². The van der Waals surface area contributed by atoms with Crippen LogP contribution in [0, 0.1) is 5.82 Å². The Balaban J connectivity index is 1.63. The van der Waals surface area contributed by atoms with Gasteiger partial charge in [-0.05, 0) is 42.8 Å². The number of carbonyl (C=O) groups excluding carboxylic acids is 2. The molecule has 2 N–H and O–H groups in total. The molecule has 3 rings (SSSR count). The topological polar surface area (TPSA) is 79.9 Å². The van der Waals surface area contributed by atoms with Gasteiger partial charge >= 0.3 is 6.03 Å². The van der Waals surface area contributed by atoms with Gasteiger partial charge in [-0.1, -0.05) is 30.3 Å². The number of benzene rings is 3. The Morgan fingerprint density at radius 3 is 2.18 bits per heavy atom. The summed E-state index contributed by atoms with van der Waals surface area (Å²) in [7, 11) is 3.03. The summed E-state index contributed by atoms with van der Waals surface area (Å²) in [5.41, 5.74) is 1.17. The highest BCUT2D eigenvalue weighted by Gasteiger charge is 2.17. The van der Waals surface area contributed by atoms with Crippen LogP contribution in [0.15, 0.2) is 72.8 Å². The maximum atomic E-state index is 14.0. The van der Waals surface area contributed by atoms with E-state index in [1.165, 1.54) is 31.3 Å². The van der Waals surface area contributed by atoms with Crippen molar-refractivity contribution in [1.29, 1.82) is 0 Å². The second-order valence-corrected chi connectivity index (χ2v) is 7.11. The van der Waals surface area contributed by atoms with Gasteiger partial charge in [0.25, 0.3) is 5.91 Å². The average molecular weight is 451 g/mol. The molecule has 8 heteroatoms. The minimum atomic E-state index is -0.514. The summed E-state index contributed by atoms with van der Waals surface area (Å²) < 4.78 is 24.4. The number of hydrogen-bond donors (Lipinski definition) is 2. The van der Waals surface area contributed by atoms with Gasteiger partial charge in [0.05, 0.1) is 19.9 Å². The number of anilines is 2.